The van der Waals surface area contributed by atoms with E-state index in [2.05, 4.69) is 24.1 Å². The van der Waals surface area contributed by atoms with Crippen LogP contribution in [0.25, 0.3) is 0 Å². The van der Waals surface area contributed by atoms with Crippen LogP contribution >= 0.6 is 0 Å². The minimum Gasteiger partial charge on any atom is -0.374 e. The second-order valence-electron chi connectivity index (χ2n) is 5.32. The summed E-state index contributed by atoms with van der Waals surface area (Å²) in [7, 11) is 0. The van der Waals surface area contributed by atoms with Crippen LogP contribution in [-0.4, -0.2) is 49.3 Å². The maximum Gasteiger partial charge on any atom is 0.0827 e. The summed E-state index contributed by atoms with van der Waals surface area (Å²) in [5.41, 5.74) is 0. The fourth-order valence-electron chi connectivity index (χ4n) is 2.65. The molecule has 2 fully saturated rings. The van der Waals surface area contributed by atoms with Crippen molar-refractivity contribution in [1.82, 2.24) is 10.2 Å². The van der Waals surface area contributed by atoms with Gasteiger partial charge in [0.25, 0.3) is 0 Å². The van der Waals surface area contributed by atoms with Gasteiger partial charge in [0.2, 0.25) is 0 Å². The quantitative estimate of drug-likeness (QED) is 0.788. The van der Waals surface area contributed by atoms with E-state index in [4.69, 9.17) is 4.74 Å². The standard InChI is InChI=1S/C13H26N2O/c1-3-11(2)14-8-13-9-15-7-5-4-6-12(15)10-16-13/h11-14H,3-10H2,1-2H3. The Labute approximate surface area is 99.5 Å². The van der Waals surface area contributed by atoms with Crippen LogP contribution in [0.5, 0.6) is 0 Å². The van der Waals surface area contributed by atoms with E-state index in [1.54, 1.807) is 0 Å². The number of hydrogen-bond acceptors (Lipinski definition) is 3. The van der Waals surface area contributed by atoms with Gasteiger partial charge in [0.05, 0.1) is 12.7 Å². The maximum absolute atomic E-state index is 5.94. The van der Waals surface area contributed by atoms with Gasteiger partial charge in [-0.15, -0.1) is 0 Å². The Morgan fingerprint density at radius 2 is 2.31 bits per heavy atom. The Bertz CT molecular complexity index is 210. The van der Waals surface area contributed by atoms with Gasteiger partial charge >= 0.3 is 0 Å². The van der Waals surface area contributed by atoms with Gasteiger partial charge in [-0.2, -0.15) is 0 Å². The summed E-state index contributed by atoms with van der Waals surface area (Å²) >= 11 is 0. The third-order valence-corrected chi connectivity index (χ3v) is 4.02. The molecule has 0 spiro atoms. The van der Waals surface area contributed by atoms with Gasteiger partial charge in [-0.05, 0) is 32.7 Å². The fraction of sp³-hybridized carbons (Fsp3) is 1.00. The monoisotopic (exact) mass is 226 g/mol. The van der Waals surface area contributed by atoms with E-state index in [9.17, 15) is 0 Å². The summed E-state index contributed by atoms with van der Waals surface area (Å²) in [6.45, 7) is 8.85. The summed E-state index contributed by atoms with van der Waals surface area (Å²) in [6.07, 6.45) is 5.70. The number of nitrogens with one attached hydrogen (secondary N) is 1. The van der Waals surface area contributed by atoms with Crippen LogP contribution in [0.2, 0.25) is 0 Å². The van der Waals surface area contributed by atoms with Gasteiger partial charge in [-0.1, -0.05) is 13.3 Å². The van der Waals surface area contributed by atoms with Crippen LogP contribution < -0.4 is 5.32 Å². The largest absolute Gasteiger partial charge is 0.374 e. The number of nitrogens with zero attached hydrogens (tertiary/aromatic N) is 1. The first-order valence-corrected chi connectivity index (χ1v) is 6.88. The van der Waals surface area contributed by atoms with Crippen molar-refractivity contribution in [3.8, 4) is 0 Å². The molecule has 16 heavy (non-hydrogen) atoms. The molecule has 0 radical (unpaired) electrons. The molecule has 2 rings (SSSR count). The number of fused-ring (bicyclic) bond motifs is 1. The highest BCUT2D eigenvalue weighted by Gasteiger charge is 2.30. The van der Waals surface area contributed by atoms with Crippen LogP contribution in [0.15, 0.2) is 0 Å². The highest BCUT2D eigenvalue weighted by Crippen LogP contribution is 2.21. The van der Waals surface area contributed by atoms with E-state index in [0.717, 1.165) is 19.7 Å². The van der Waals surface area contributed by atoms with Crippen LogP contribution in [-0.2, 0) is 4.74 Å². The predicted octanol–water partition coefficient (Wildman–Crippen LogP) is 1.63. The van der Waals surface area contributed by atoms with Gasteiger partial charge in [0, 0.05) is 25.2 Å². The topological polar surface area (TPSA) is 24.5 Å². The van der Waals surface area contributed by atoms with Gasteiger partial charge in [0.1, 0.15) is 0 Å². The molecule has 0 amide bonds. The smallest absolute Gasteiger partial charge is 0.0827 e. The van der Waals surface area contributed by atoms with Crippen LogP contribution in [0.3, 0.4) is 0 Å². The molecule has 2 heterocycles. The van der Waals surface area contributed by atoms with Crippen molar-refractivity contribution in [2.45, 2.75) is 57.7 Å². The zero-order valence-electron chi connectivity index (χ0n) is 10.7. The van der Waals surface area contributed by atoms with Crippen molar-refractivity contribution in [1.29, 1.82) is 0 Å². The van der Waals surface area contributed by atoms with Gasteiger partial charge < -0.3 is 10.1 Å². The molecule has 2 aliphatic heterocycles. The average molecular weight is 226 g/mol. The highest BCUT2D eigenvalue weighted by atomic mass is 16.5. The Balaban J connectivity index is 1.72. The lowest BCUT2D eigenvalue weighted by molar-refractivity contribution is -0.0739. The van der Waals surface area contributed by atoms with Gasteiger partial charge in [-0.25, -0.2) is 0 Å². The fourth-order valence-corrected chi connectivity index (χ4v) is 2.65. The Kier molecular flexibility index (Phi) is 4.62. The number of piperidine rings is 1. The second-order valence-corrected chi connectivity index (χ2v) is 5.32. The molecule has 94 valence electrons. The summed E-state index contributed by atoms with van der Waals surface area (Å²) in [4.78, 5) is 2.63. The molecule has 0 aromatic heterocycles. The number of ether oxygens (including phenoxy) is 1. The molecular formula is C13H26N2O. The van der Waals surface area contributed by atoms with Gasteiger partial charge in [-0.3, -0.25) is 4.90 Å². The number of morpholine rings is 1. The van der Waals surface area contributed by atoms with E-state index in [1.165, 1.54) is 32.2 Å². The molecule has 0 aromatic rings. The van der Waals surface area contributed by atoms with Crippen molar-refractivity contribution in [2.24, 2.45) is 0 Å². The maximum atomic E-state index is 5.94. The van der Waals surface area contributed by atoms with E-state index in [-0.39, 0.29) is 0 Å². The van der Waals surface area contributed by atoms with E-state index < -0.39 is 0 Å². The van der Waals surface area contributed by atoms with Crippen LogP contribution in [0, 0.1) is 0 Å². The second kappa shape index (κ2) is 5.99. The molecule has 0 aromatic carbocycles. The average Bonchev–Trinajstić information content (AvgIpc) is 2.35. The zero-order valence-corrected chi connectivity index (χ0v) is 10.7. The first-order chi connectivity index (χ1) is 7.79. The summed E-state index contributed by atoms with van der Waals surface area (Å²) in [5, 5.41) is 3.55. The predicted molar refractivity (Wildman–Crippen MR) is 66.7 cm³/mol. The normalized spacial score (nSPS) is 33.4. The first-order valence-electron chi connectivity index (χ1n) is 6.88. The van der Waals surface area contributed by atoms with E-state index in [0.29, 0.717) is 18.2 Å². The lowest BCUT2D eigenvalue weighted by Gasteiger charge is -2.42. The Morgan fingerprint density at radius 3 is 3.12 bits per heavy atom. The molecule has 2 saturated heterocycles. The summed E-state index contributed by atoms with van der Waals surface area (Å²) in [5.74, 6) is 0. The SMILES string of the molecule is CCC(C)NCC1CN2CCCCC2CO1. The lowest BCUT2D eigenvalue weighted by atomic mass is 10.0. The molecular weight excluding hydrogens is 200 g/mol. The molecule has 3 atom stereocenters. The Hall–Kier alpha value is -0.120. The molecule has 0 saturated carbocycles. The summed E-state index contributed by atoms with van der Waals surface area (Å²) < 4.78 is 5.94. The summed E-state index contributed by atoms with van der Waals surface area (Å²) in [6, 6.07) is 1.33. The van der Waals surface area contributed by atoms with Crippen molar-refractivity contribution in [3.05, 3.63) is 0 Å². The molecule has 1 N–H and O–H groups in total. The third kappa shape index (κ3) is 3.19. The molecule has 0 aliphatic carbocycles. The zero-order chi connectivity index (χ0) is 11.4. The minimum atomic E-state index is 0.406. The molecule has 0 bridgehead atoms. The first kappa shape index (κ1) is 12.3. The molecule has 3 unspecified atom stereocenters. The molecule has 3 heteroatoms. The van der Waals surface area contributed by atoms with Crippen molar-refractivity contribution >= 4 is 0 Å². The third-order valence-electron chi connectivity index (χ3n) is 4.02. The van der Waals surface area contributed by atoms with E-state index >= 15 is 0 Å². The van der Waals surface area contributed by atoms with Crippen molar-refractivity contribution in [2.75, 3.05) is 26.2 Å². The Morgan fingerprint density at radius 1 is 1.44 bits per heavy atom. The van der Waals surface area contributed by atoms with Crippen LogP contribution in [0.4, 0.5) is 0 Å². The van der Waals surface area contributed by atoms with Gasteiger partial charge in [0.15, 0.2) is 0 Å². The number of hydrogen-bond donors (Lipinski definition) is 1. The van der Waals surface area contributed by atoms with Crippen molar-refractivity contribution in [3.63, 3.8) is 0 Å². The van der Waals surface area contributed by atoms with E-state index in [1.807, 2.05) is 0 Å². The van der Waals surface area contributed by atoms with Crippen LogP contribution in [0.1, 0.15) is 39.5 Å². The van der Waals surface area contributed by atoms with Crippen molar-refractivity contribution < 1.29 is 4.74 Å². The minimum absolute atomic E-state index is 0.406. The molecule has 3 nitrogen and oxygen atoms in total. The highest BCUT2D eigenvalue weighted by molar-refractivity contribution is 4.84. The molecule has 2 aliphatic rings. The number of rotatable bonds is 4. The lowest BCUT2D eigenvalue weighted by Crippen LogP contribution is -2.54.